The van der Waals surface area contributed by atoms with Gasteiger partial charge in [0, 0.05) is 44.3 Å². The molecule has 9 heteroatoms. The Labute approximate surface area is 150 Å². The van der Waals surface area contributed by atoms with Crippen LogP contribution in [0.3, 0.4) is 0 Å². The fourth-order valence-corrected chi connectivity index (χ4v) is 3.39. The third-order valence-electron chi connectivity index (χ3n) is 4.87. The van der Waals surface area contributed by atoms with Gasteiger partial charge in [-0.3, -0.25) is 4.79 Å². The van der Waals surface area contributed by atoms with Crippen molar-refractivity contribution in [2.24, 2.45) is 5.92 Å². The van der Waals surface area contributed by atoms with Gasteiger partial charge in [0.05, 0.1) is 0 Å². The molecule has 0 unspecified atom stereocenters. The number of piperidine rings is 1. The molecule has 0 aliphatic carbocycles. The molecule has 0 bridgehead atoms. The summed E-state index contributed by atoms with van der Waals surface area (Å²) in [4.78, 5) is 21.8. The Hall–Kier alpha value is -1.90. The summed E-state index contributed by atoms with van der Waals surface area (Å²) < 4.78 is 44.1. The summed E-state index contributed by atoms with van der Waals surface area (Å²) in [5.74, 6) is 0.285. The van der Waals surface area contributed by atoms with Crippen LogP contribution in [-0.2, 0) is 15.7 Å². The molecule has 3 rings (SSSR count). The Morgan fingerprint density at radius 3 is 2.46 bits per heavy atom. The van der Waals surface area contributed by atoms with Crippen molar-refractivity contribution in [3.8, 4) is 0 Å². The van der Waals surface area contributed by atoms with Gasteiger partial charge in [0.25, 0.3) is 0 Å². The maximum absolute atomic E-state index is 12.9. The number of hydrogen-bond donors (Lipinski definition) is 1. The molecule has 0 saturated carbocycles. The van der Waals surface area contributed by atoms with E-state index in [0.29, 0.717) is 39.1 Å². The van der Waals surface area contributed by atoms with Crippen molar-refractivity contribution in [2.75, 3.05) is 31.2 Å². The minimum absolute atomic E-state index is 0.0337. The molecule has 1 N–H and O–H groups in total. The number of rotatable bonds is 3. The molecule has 6 nitrogen and oxygen atoms in total. The van der Waals surface area contributed by atoms with Crippen molar-refractivity contribution in [1.29, 1.82) is 0 Å². The highest BCUT2D eigenvalue weighted by Gasteiger charge is 2.34. The quantitative estimate of drug-likeness (QED) is 0.882. The van der Waals surface area contributed by atoms with E-state index in [0.717, 1.165) is 18.9 Å². The summed E-state index contributed by atoms with van der Waals surface area (Å²) in [6.45, 7) is 3.78. The topological polar surface area (TPSA) is 67.4 Å². The zero-order valence-corrected chi connectivity index (χ0v) is 14.7. The Bertz CT molecular complexity index is 639. The maximum Gasteiger partial charge on any atom is 0.433 e. The number of aromatic nitrogens is 2. The number of nitrogens with one attached hydrogen (secondary N) is 1. The smallest absolute Gasteiger partial charge is 0.381 e. The predicted molar refractivity (Wildman–Crippen MR) is 88.7 cm³/mol. The second-order valence-corrected chi connectivity index (χ2v) is 6.81. The number of hydrogen-bond acceptors (Lipinski definition) is 5. The van der Waals surface area contributed by atoms with Crippen LogP contribution in [0.4, 0.5) is 19.0 Å². The molecule has 2 aliphatic rings. The standard InChI is InChI=1S/C17H23F3N4O2/c1-11-21-14(17(18,19)20)10-15(22-11)24-6-2-12(3-7-24)16(25)23-13-4-8-26-9-5-13/h10,12-13H,2-9H2,1H3,(H,23,25). The van der Waals surface area contributed by atoms with E-state index in [-0.39, 0.29) is 29.5 Å². The molecule has 1 aromatic heterocycles. The number of ether oxygens (including phenoxy) is 1. The van der Waals surface area contributed by atoms with E-state index in [1.54, 1.807) is 4.90 Å². The highest BCUT2D eigenvalue weighted by molar-refractivity contribution is 5.79. The van der Waals surface area contributed by atoms with E-state index in [1.165, 1.54) is 6.92 Å². The van der Waals surface area contributed by atoms with Crippen molar-refractivity contribution < 1.29 is 22.7 Å². The lowest BCUT2D eigenvalue weighted by molar-refractivity contribution is -0.141. The first-order valence-electron chi connectivity index (χ1n) is 8.89. The van der Waals surface area contributed by atoms with E-state index in [9.17, 15) is 18.0 Å². The maximum atomic E-state index is 12.9. The van der Waals surface area contributed by atoms with Gasteiger partial charge in [-0.25, -0.2) is 9.97 Å². The summed E-state index contributed by atoms with van der Waals surface area (Å²) in [6.07, 6.45) is -1.65. The number of nitrogens with zero attached hydrogens (tertiary/aromatic N) is 3. The normalized spacial score (nSPS) is 20.2. The highest BCUT2D eigenvalue weighted by atomic mass is 19.4. The van der Waals surface area contributed by atoms with E-state index in [4.69, 9.17) is 4.74 Å². The molecule has 1 aromatic rings. The fourth-order valence-electron chi connectivity index (χ4n) is 3.39. The molecule has 2 fully saturated rings. The van der Waals surface area contributed by atoms with Crippen molar-refractivity contribution >= 4 is 11.7 Å². The summed E-state index contributed by atoms with van der Waals surface area (Å²) in [5.41, 5.74) is -0.931. The molecule has 144 valence electrons. The van der Waals surface area contributed by atoms with Gasteiger partial charge in [-0.2, -0.15) is 13.2 Å². The third-order valence-corrected chi connectivity index (χ3v) is 4.87. The molecule has 0 atom stereocenters. The van der Waals surface area contributed by atoms with Crippen molar-refractivity contribution in [2.45, 2.75) is 44.8 Å². The van der Waals surface area contributed by atoms with Crippen LogP contribution >= 0.6 is 0 Å². The molecule has 0 spiro atoms. The second-order valence-electron chi connectivity index (χ2n) is 6.81. The molecule has 1 amide bonds. The Morgan fingerprint density at radius 2 is 1.85 bits per heavy atom. The minimum Gasteiger partial charge on any atom is -0.381 e. The molecular weight excluding hydrogens is 349 g/mol. The first-order valence-corrected chi connectivity index (χ1v) is 8.89. The van der Waals surface area contributed by atoms with Gasteiger partial charge in [0.2, 0.25) is 5.91 Å². The molecule has 26 heavy (non-hydrogen) atoms. The summed E-state index contributed by atoms with van der Waals surface area (Å²) in [5, 5.41) is 3.07. The molecule has 2 aliphatic heterocycles. The van der Waals surface area contributed by atoms with Crippen molar-refractivity contribution in [3.63, 3.8) is 0 Å². The van der Waals surface area contributed by atoms with Crippen LogP contribution < -0.4 is 10.2 Å². The molecule has 0 radical (unpaired) electrons. The molecule has 2 saturated heterocycles. The van der Waals surface area contributed by atoms with Crippen LogP contribution in [0.2, 0.25) is 0 Å². The van der Waals surface area contributed by atoms with Gasteiger partial charge < -0.3 is 15.0 Å². The minimum atomic E-state index is -4.50. The fraction of sp³-hybridized carbons (Fsp3) is 0.706. The van der Waals surface area contributed by atoms with Crippen LogP contribution in [0, 0.1) is 12.8 Å². The van der Waals surface area contributed by atoms with Gasteiger partial charge >= 0.3 is 6.18 Å². The largest absolute Gasteiger partial charge is 0.433 e. The van der Waals surface area contributed by atoms with Gasteiger partial charge in [-0.05, 0) is 32.6 Å². The lowest BCUT2D eigenvalue weighted by atomic mass is 9.95. The highest BCUT2D eigenvalue weighted by Crippen LogP contribution is 2.31. The number of anilines is 1. The number of amides is 1. The first-order chi connectivity index (χ1) is 12.3. The van der Waals surface area contributed by atoms with Crippen molar-refractivity contribution in [1.82, 2.24) is 15.3 Å². The van der Waals surface area contributed by atoms with E-state index in [2.05, 4.69) is 15.3 Å². The SMILES string of the molecule is Cc1nc(N2CCC(C(=O)NC3CCOCC3)CC2)cc(C(F)(F)F)n1. The van der Waals surface area contributed by atoms with Crippen LogP contribution in [0.5, 0.6) is 0 Å². The zero-order valence-electron chi connectivity index (χ0n) is 14.7. The van der Waals surface area contributed by atoms with Crippen LogP contribution in [-0.4, -0.2) is 48.2 Å². The Balaban J connectivity index is 1.58. The number of carbonyl (C=O) groups excluding carboxylic acids is 1. The second kappa shape index (κ2) is 7.77. The average Bonchev–Trinajstić information content (AvgIpc) is 2.61. The van der Waals surface area contributed by atoms with Gasteiger partial charge in [0.15, 0.2) is 0 Å². The lowest BCUT2D eigenvalue weighted by Gasteiger charge is -2.33. The van der Waals surface area contributed by atoms with Crippen molar-refractivity contribution in [3.05, 3.63) is 17.6 Å². The Morgan fingerprint density at radius 1 is 1.19 bits per heavy atom. The van der Waals surface area contributed by atoms with Gasteiger partial charge in [-0.1, -0.05) is 0 Å². The summed E-state index contributed by atoms with van der Waals surface area (Å²) in [6, 6.07) is 1.14. The number of carbonyl (C=O) groups is 1. The number of alkyl halides is 3. The van der Waals surface area contributed by atoms with Gasteiger partial charge in [-0.15, -0.1) is 0 Å². The predicted octanol–water partition coefficient (Wildman–Crippen LogP) is 2.32. The number of halogens is 3. The first kappa shape index (κ1) is 18.9. The third kappa shape index (κ3) is 4.63. The van der Waals surface area contributed by atoms with Crippen LogP contribution in [0.15, 0.2) is 6.07 Å². The monoisotopic (exact) mass is 372 g/mol. The van der Waals surface area contributed by atoms with E-state index < -0.39 is 11.9 Å². The summed E-state index contributed by atoms with van der Waals surface area (Å²) in [7, 11) is 0. The molecule has 0 aromatic carbocycles. The van der Waals surface area contributed by atoms with Crippen LogP contribution in [0.1, 0.15) is 37.2 Å². The van der Waals surface area contributed by atoms with Gasteiger partial charge in [0.1, 0.15) is 17.3 Å². The molecule has 3 heterocycles. The Kier molecular flexibility index (Phi) is 5.64. The van der Waals surface area contributed by atoms with Crippen LogP contribution in [0.25, 0.3) is 0 Å². The average molecular weight is 372 g/mol. The lowest BCUT2D eigenvalue weighted by Crippen LogP contribution is -2.45. The summed E-state index contributed by atoms with van der Waals surface area (Å²) >= 11 is 0. The van der Waals surface area contributed by atoms with E-state index >= 15 is 0 Å². The molecular formula is C17H23F3N4O2. The van der Waals surface area contributed by atoms with E-state index in [1.807, 2.05) is 0 Å². The number of aryl methyl sites for hydroxylation is 1. The zero-order chi connectivity index (χ0) is 18.7.